The van der Waals surface area contributed by atoms with Gasteiger partial charge in [-0.3, -0.25) is 4.79 Å². The van der Waals surface area contributed by atoms with Crippen molar-refractivity contribution in [3.8, 4) is 0 Å². The second kappa shape index (κ2) is 8.70. The highest BCUT2D eigenvalue weighted by molar-refractivity contribution is 5.85. The molecule has 2 N–H and O–H groups in total. The number of rotatable bonds is 4. The highest BCUT2D eigenvalue weighted by Crippen LogP contribution is 2.33. The van der Waals surface area contributed by atoms with Crippen LogP contribution >= 0.6 is 24.8 Å². The number of para-hydroxylation sites is 2. The van der Waals surface area contributed by atoms with Crippen LogP contribution < -0.4 is 5.73 Å². The molecule has 0 radical (unpaired) electrons. The summed E-state index contributed by atoms with van der Waals surface area (Å²) < 4.78 is 2.23. The molecular formula is C17H26Cl2N4O. The standard InChI is InChI=1S/C17H24N4O.2ClH/c1-3-20-14-8-5-4-7-13(14)19-17(20)15-9-6-10-21(15)16(22)11-12(2)18;;/h4-5,7-8,12,15H,3,6,9-11,18H2,1-2H3;2*1H. The first-order chi connectivity index (χ1) is 10.6. The van der Waals surface area contributed by atoms with Crippen LogP contribution in [0.3, 0.4) is 0 Å². The third kappa shape index (κ3) is 3.85. The molecule has 2 atom stereocenters. The normalized spacial score (nSPS) is 18.1. The molecule has 0 saturated carbocycles. The van der Waals surface area contributed by atoms with Crippen molar-refractivity contribution in [3.63, 3.8) is 0 Å². The topological polar surface area (TPSA) is 64.2 Å². The van der Waals surface area contributed by atoms with Crippen LogP contribution in [-0.4, -0.2) is 32.9 Å². The van der Waals surface area contributed by atoms with Crippen molar-refractivity contribution in [2.24, 2.45) is 5.73 Å². The maximum Gasteiger partial charge on any atom is 0.224 e. The zero-order valence-corrected chi connectivity index (χ0v) is 15.8. The predicted octanol–water partition coefficient (Wildman–Crippen LogP) is 3.30. The minimum absolute atomic E-state index is 0. The van der Waals surface area contributed by atoms with Gasteiger partial charge in [0.15, 0.2) is 0 Å². The summed E-state index contributed by atoms with van der Waals surface area (Å²) in [6.07, 6.45) is 2.42. The highest BCUT2D eigenvalue weighted by atomic mass is 35.5. The molecule has 7 heteroatoms. The van der Waals surface area contributed by atoms with Crippen molar-refractivity contribution in [2.45, 2.75) is 51.7 Å². The van der Waals surface area contributed by atoms with Crippen LogP contribution in [0.4, 0.5) is 0 Å². The second-order valence-corrected chi connectivity index (χ2v) is 6.13. The summed E-state index contributed by atoms with van der Waals surface area (Å²) in [5, 5.41) is 0. The van der Waals surface area contributed by atoms with Crippen molar-refractivity contribution < 1.29 is 4.79 Å². The maximum atomic E-state index is 12.5. The van der Waals surface area contributed by atoms with E-state index in [1.54, 1.807) is 0 Å². The van der Waals surface area contributed by atoms with Crippen molar-refractivity contribution in [2.75, 3.05) is 6.54 Å². The smallest absolute Gasteiger partial charge is 0.224 e. The van der Waals surface area contributed by atoms with E-state index < -0.39 is 0 Å². The van der Waals surface area contributed by atoms with Crippen LogP contribution in [-0.2, 0) is 11.3 Å². The molecule has 134 valence electrons. The van der Waals surface area contributed by atoms with Gasteiger partial charge >= 0.3 is 0 Å². The lowest BCUT2D eigenvalue weighted by atomic mass is 10.1. The van der Waals surface area contributed by atoms with E-state index in [4.69, 9.17) is 10.7 Å². The first-order valence-corrected chi connectivity index (χ1v) is 8.12. The minimum atomic E-state index is -0.0984. The number of nitrogens with two attached hydrogens (primary N) is 1. The number of aromatic nitrogens is 2. The fourth-order valence-corrected chi connectivity index (χ4v) is 3.41. The summed E-state index contributed by atoms with van der Waals surface area (Å²) in [4.78, 5) is 19.2. The second-order valence-electron chi connectivity index (χ2n) is 6.13. The Kier molecular flexibility index (Phi) is 7.52. The van der Waals surface area contributed by atoms with Crippen LogP contribution in [0.25, 0.3) is 11.0 Å². The molecule has 2 unspecified atom stereocenters. The van der Waals surface area contributed by atoms with Gasteiger partial charge < -0.3 is 15.2 Å². The number of fused-ring (bicyclic) bond motifs is 1. The lowest BCUT2D eigenvalue weighted by Crippen LogP contribution is -2.35. The van der Waals surface area contributed by atoms with Gasteiger partial charge in [0, 0.05) is 25.6 Å². The van der Waals surface area contributed by atoms with E-state index in [9.17, 15) is 4.79 Å². The number of aryl methyl sites for hydroxylation is 1. The Morgan fingerprint density at radius 2 is 2.08 bits per heavy atom. The molecule has 1 saturated heterocycles. The Morgan fingerprint density at radius 1 is 1.38 bits per heavy atom. The third-order valence-electron chi connectivity index (χ3n) is 4.37. The van der Waals surface area contributed by atoms with Gasteiger partial charge in [-0.1, -0.05) is 12.1 Å². The summed E-state index contributed by atoms with van der Waals surface area (Å²) in [6.45, 7) is 5.68. The number of amides is 1. The number of carbonyl (C=O) groups is 1. The Labute approximate surface area is 155 Å². The predicted molar refractivity (Wildman–Crippen MR) is 102 cm³/mol. The number of nitrogens with zero attached hydrogens (tertiary/aromatic N) is 3. The monoisotopic (exact) mass is 372 g/mol. The summed E-state index contributed by atoms with van der Waals surface area (Å²) in [6, 6.07) is 8.16. The van der Waals surface area contributed by atoms with Crippen LogP contribution in [0.1, 0.15) is 45.0 Å². The molecular weight excluding hydrogens is 347 g/mol. The van der Waals surface area contributed by atoms with E-state index in [1.165, 1.54) is 0 Å². The molecule has 1 fully saturated rings. The van der Waals surface area contributed by atoms with Crippen molar-refractivity contribution >= 4 is 41.8 Å². The van der Waals surface area contributed by atoms with Crippen molar-refractivity contribution in [1.82, 2.24) is 14.5 Å². The minimum Gasteiger partial charge on any atom is -0.332 e. The molecule has 1 aromatic carbocycles. The molecule has 2 heterocycles. The molecule has 1 aliphatic rings. The van der Waals surface area contributed by atoms with Gasteiger partial charge in [0.1, 0.15) is 5.82 Å². The Hall–Kier alpha value is -1.30. The largest absolute Gasteiger partial charge is 0.332 e. The molecule has 0 bridgehead atoms. The van der Waals surface area contributed by atoms with E-state index >= 15 is 0 Å². The van der Waals surface area contributed by atoms with Crippen LogP contribution in [0, 0.1) is 0 Å². The molecule has 1 aromatic heterocycles. The number of carbonyl (C=O) groups excluding carboxylic acids is 1. The summed E-state index contributed by atoms with van der Waals surface area (Å²) in [5.41, 5.74) is 7.94. The van der Waals surface area contributed by atoms with Gasteiger partial charge in [0.2, 0.25) is 5.91 Å². The van der Waals surface area contributed by atoms with E-state index in [-0.39, 0.29) is 42.8 Å². The molecule has 5 nitrogen and oxygen atoms in total. The van der Waals surface area contributed by atoms with E-state index in [0.717, 1.165) is 42.8 Å². The fraction of sp³-hybridized carbons (Fsp3) is 0.529. The average molecular weight is 373 g/mol. The van der Waals surface area contributed by atoms with Gasteiger partial charge in [0.25, 0.3) is 0 Å². The molecule has 0 aliphatic carbocycles. The van der Waals surface area contributed by atoms with Gasteiger partial charge in [-0.2, -0.15) is 0 Å². The molecule has 3 rings (SSSR count). The zero-order valence-electron chi connectivity index (χ0n) is 14.1. The SMILES string of the molecule is CCn1c(C2CCCN2C(=O)CC(C)N)nc2ccccc21.Cl.Cl. The number of imidazole rings is 1. The van der Waals surface area contributed by atoms with Crippen LogP contribution in [0.2, 0.25) is 0 Å². The number of hydrogen-bond acceptors (Lipinski definition) is 3. The third-order valence-corrected chi connectivity index (χ3v) is 4.37. The molecule has 1 amide bonds. The molecule has 0 spiro atoms. The quantitative estimate of drug-likeness (QED) is 0.895. The summed E-state index contributed by atoms with van der Waals surface area (Å²) >= 11 is 0. The molecule has 24 heavy (non-hydrogen) atoms. The van der Waals surface area contributed by atoms with Crippen molar-refractivity contribution in [3.05, 3.63) is 30.1 Å². The first-order valence-electron chi connectivity index (χ1n) is 8.12. The summed E-state index contributed by atoms with van der Waals surface area (Å²) in [5.74, 6) is 1.16. The Balaban J connectivity index is 0.00000144. The van der Waals surface area contributed by atoms with Gasteiger partial charge in [-0.25, -0.2) is 4.98 Å². The maximum absolute atomic E-state index is 12.5. The van der Waals surface area contributed by atoms with Gasteiger partial charge in [-0.15, -0.1) is 24.8 Å². The first kappa shape index (κ1) is 20.7. The summed E-state index contributed by atoms with van der Waals surface area (Å²) in [7, 11) is 0. The zero-order chi connectivity index (χ0) is 15.7. The van der Waals surface area contributed by atoms with Gasteiger partial charge in [-0.05, 0) is 38.8 Å². The fourth-order valence-electron chi connectivity index (χ4n) is 3.41. The van der Waals surface area contributed by atoms with E-state index in [1.807, 2.05) is 30.0 Å². The van der Waals surface area contributed by atoms with E-state index in [2.05, 4.69) is 17.6 Å². The number of benzene rings is 1. The lowest BCUT2D eigenvalue weighted by Gasteiger charge is -2.25. The number of likely N-dealkylation sites (tertiary alicyclic amines) is 1. The Morgan fingerprint density at radius 3 is 2.75 bits per heavy atom. The Bertz CT molecular complexity index is 686. The molecule has 1 aliphatic heterocycles. The van der Waals surface area contributed by atoms with E-state index in [0.29, 0.717) is 6.42 Å². The number of halogens is 2. The van der Waals surface area contributed by atoms with Crippen molar-refractivity contribution in [1.29, 1.82) is 0 Å². The average Bonchev–Trinajstić information content (AvgIpc) is 3.10. The molecule has 2 aromatic rings. The lowest BCUT2D eigenvalue weighted by molar-refractivity contribution is -0.132. The van der Waals surface area contributed by atoms with Gasteiger partial charge in [0.05, 0.1) is 17.1 Å². The number of hydrogen-bond donors (Lipinski definition) is 1. The highest BCUT2D eigenvalue weighted by Gasteiger charge is 2.33. The van der Waals surface area contributed by atoms with Crippen LogP contribution in [0.5, 0.6) is 0 Å². The van der Waals surface area contributed by atoms with Crippen LogP contribution in [0.15, 0.2) is 24.3 Å².